The molecule has 0 amide bonds. The number of methoxy groups -OCH3 is 1. The Kier molecular flexibility index (Phi) is 3.67. The average molecular weight is 360 g/mol. The molecule has 0 fully saturated rings. The van der Waals surface area contributed by atoms with E-state index in [2.05, 4.69) is 11.1 Å². The summed E-state index contributed by atoms with van der Waals surface area (Å²) in [5, 5.41) is 6.95. The van der Waals surface area contributed by atoms with Gasteiger partial charge in [-0.05, 0) is 49.4 Å². The minimum absolute atomic E-state index is 0.127. The average Bonchev–Trinajstić information content (AvgIpc) is 3.34. The van der Waals surface area contributed by atoms with Crippen molar-refractivity contribution in [1.82, 2.24) is 5.01 Å². The molecule has 136 valence electrons. The van der Waals surface area contributed by atoms with Crippen LogP contribution in [-0.4, -0.2) is 17.8 Å². The van der Waals surface area contributed by atoms with Crippen molar-refractivity contribution >= 4 is 5.71 Å². The van der Waals surface area contributed by atoms with Gasteiger partial charge in [-0.15, -0.1) is 0 Å². The van der Waals surface area contributed by atoms with Crippen LogP contribution in [0.4, 0.5) is 0 Å². The maximum absolute atomic E-state index is 6.34. The van der Waals surface area contributed by atoms with E-state index in [0.29, 0.717) is 0 Å². The van der Waals surface area contributed by atoms with Crippen LogP contribution >= 0.6 is 0 Å². The van der Waals surface area contributed by atoms with Crippen LogP contribution in [0.25, 0.3) is 0 Å². The van der Waals surface area contributed by atoms with E-state index >= 15 is 0 Å². The van der Waals surface area contributed by atoms with Gasteiger partial charge in [0.2, 0.25) is 6.23 Å². The number of rotatable bonds is 3. The maximum Gasteiger partial charge on any atom is 0.213 e. The van der Waals surface area contributed by atoms with Gasteiger partial charge in [0.25, 0.3) is 0 Å². The number of nitrogens with zero attached hydrogens (tertiary/aromatic N) is 2. The molecule has 0 saturated heterocycles. The predicted molar refractivity (Wildman–Crippen MR) is 102 cm³/mol. The molecule has 2 aliphatic heterocycles. The van der Waals surface area contributed by atoms with E-state index in [1.165, 1.54) is 0 Å². The zero-order valence-corrected chi connectivity index (χ0v) is 15.3. The summed E-state index contributed by atoms with van der Waals surface area (Å²) in [6, 6.07) is 20.2. The van der Waals surface area contributed by atoms with E-state index in [1.54, 1.807) is 7.11 Å². The third-order valence-electron chi connectivity index (χ3n) is 5.12. The lowest BCUT2D eigenvalue weighted by Crippen LogP contribution is -2.33. The van der Waals surface area contributed by atoms with Gasteiger partial charge in [0, 0.05) is 17.5 Å². The van der Waals surface area contributed by atoms with Crippen molar-refractivity contribution < 1.29 is 13.9 Å². The van der Waals surface area contributed by atoms with Gasteiger partial charge in [0.15, 0.2) is 0 Å². The van der Waals surface area contributed by atoms with E-state index in [4.69, 9.17) is 19.0 Å². The highest BCUT2D eigenvalue weighted by Crippen LogP contribution is 2.47. The number of hydrazone groups is 1. The van der Waals surface area contributed by atoms with Crippen LogP contribution in [0.1, 0.15) is 41.3 Å². The number of fused-ring (bicyclic) bond motifs is 3. The number of benzene rings is 2. The van der Waals surface area contributed by atoms with E-state index in [1.807, 2.05) is 61.5 Å². The fourth-order valence-electron chi connectivity index (χ4n) is 3.76. The van der Waals surface area contributed by atoms with Gasteiger partial charge < -0.3 is 13.9 Å². The van der Waals surface area contributed by atoms with Crippen molar-refractivity contribution in [3.8, 4) is 11.5 Å². The number of hydrogen-bond donors (Lipinski definition) is 0. The quantitative estimate of drug-likeness (QED) is 0.671. The first-order valence-electron chi connectivity index (χ1n) is 9.05. The molecule has 0 spiro atoms. The van der Waals surface area contributed by atoms with E-state index in [9.17, 15) is 0 Å². The number of aryl methyl sites for hydroxylation is 1. The molecule has 0 saturated carbocycles. The summed E-state index contributed by atoms with van der Waals surface area (Å²) in [5.41, 5.74) is 3.15. The van der Waals surface area contributed by atoms with Crippen molar-refractivity contribution in [3.05, 3.63) is 83.3 Å². The first kappa shape index (κ1) is 16.0. The number of hydrogen-bond acceptors (Lipinski definition) is 5. The molecule has 5 nitrogen and oxygen atoms in total. The van der Waals surface area contributed by atoms with Crippen LogP contribution in [0.2, 0.25) is 0 Å². The molecule has 0 N–H and O–H groups in total. The van der Waals surface area contributed by atoms with Crippen LogP contribution in [0, 0.1) is 6.92 Å². The fraction of sp³-hybridized carbons (Fsp3) is 0.227. The summed E-state index contributed by atoms with van der Waals surface area (Å²) in [7, 11) is 1.67. The zero-order chi connectivity index (χ0) is 18.4. The minimum Gasteiger partial charge on any atom is -0.497 e. The standard InChI is InChI=1S/C22H20N2O3/c1-14-7-12-21(26-14)18-13-19-17-5-3-4-6-20(17)27-22(24(19)23-18)15-8-10-16(25-2)11-9-15/h3-12,19,22H,13H2,1-2H3/t19-,22+/m0/s1. The van der Waals surface area contributed by atoms with Crippen molar-refractivity contribution in [2.45, 2.75) is 25.6 Å². The summed E-state index contributed by atoms with van der Waals surface area (Å²) < 4.78 is 17.4. The zero-order valence-electron chi connectivity index (χ0n) is 15.3. The largest absolute Gasteiger partial charge is 0.497 e. The molecule has 0 bridgehead atoms. The highest BCUT2D eigenvalue weighted by molar-refractivity contribution is 5.99. The molecule has 3 heterocycles. The summed E-state index contributed by atoms with van der Waals surface area (Å²) in [6.07, 6.45) is 0.504. The first-order chi connectivity index (χ1) is 13.2. The molecule has 0 unspecified atom stereocenters. The Balaban J connectivity index is 1.57. The predicted octanol–water partition coefficient (Wildman–Crippen LogP) is 4.84. The summed E-state index contributed by atoms with van der Waals surface area (Å²) >= 11 is 0. The second kappa shape index (κ2) is 6.20. The highest BCUT2D eigenvalue weighted by atomic mass is 16.5. The SMILES string of the molecule is COc1ccc([C@H]2Oc3ccccc3[C@@H]3CC(c4ccc(C)o4)=NN23)cc1. The number of ether oxygens (including phenoxy) is 2. The Morgan fingerprint density at radius 2 is 1.85 bits per heavy atom. The summed E-state index contributed by atoms with van der Waals surface area (Å²) in [4.78, 5) is 0. The second-order valence-electron chi connectivity index (χ2n) is 6.84. The van der Waals surface area contributed by atoms with Gasteiger partial charge in [-0.1, -0.05) is 18.2 Å². The van der Waals surface area contributed by atoms with E-state index < -0.39 is 0 Å². The van der Waals surface area contributed by atoms with Gasteiger partial charge in [-0.2, -0.15) is 5.10 Å². The Morgan fingerprint density at radius 3 is 2.59 bits per heavy atom. The first-order valence-corrected chi connectivity index (χ1v) is 9.05. The molecule has 0 radical (unpaired) electrons. The molecule has 5 rings (SSSR count). The van der Waals surface area contributed by atoms with Gasteiger partial charge in [-0.25, -0.2) is 5.01 Å². The Hall–Kier alpha value is -3.21. The van der Waals surface area contributed by atoms with Gasteiger partial charge >= 0.3 is 0 Å². The lowest BCUT2D eigenvalue weighted by Gasteiger charge is -2.38. The van der Waals surface area contributed by atoms with Crippen molar-refractivity contribution in [3.63, 3.8) is 0 Å². The number of para-hydroxylation sites is 1. The van der Waals surface area contributed by atoms with Crippen molar-refractivity contribution in [2.24, 2.45) is 5.10 Å². The minimum atomic E-state index is -0.288. The van der Waals surface area contributed by atoms with Gasteiger partial charge in [-0.3, -0.25) is 0 Å². The summed E-state index contributed by atoms with van der Waals surface area (Å²) in [5.74, 6) is 3.45. The topological polar surface area (TPSA) is 47.2 Å². The van der Waals surface area contributed by atoms with Crippen LogP contribution < -0.4 is 9.47 Å². The molecule has 2 atom stereocenters. The van der Waals surface area contributed by atoms with Crippen LogP contribution in [0.3, 0.4) is 0 Å². The van der Waals surface area contributed by atoms with Gasteiger partial charge in [0.1, 0.15) is 28.7 Å². The Bertz CT molecular complexity index is 1010. The normalized spacial score (nSPS) is 20.5. The van der Waals surface area contributed by atoms with E-state index in [-0.39, 0.29) is 12.3 Å². The fourth-order valence-corrected chi connectivity index (χ4v) is 3.76. The number of furan rings is 1. The molecular weight excluding hydrogens is 340 g/mol. The van der Waals surface area contributed by atoms with Gasteiger partial charge in [0.05, 0.1) is 13.2 Å². The Labute approximate surface area is 157 Å². The molecule has 27 heavy (non-hydrogen) atoms. The van der Waals surface area contributed by atoms with Crippen molar-refractivity contribution in [1.29, 1.82) is 0 Å². The third-order valence-corrected chi connectivity index (χ3v) is 5.12. The smallest absolute Gasteiger partial charge is 0.213 e. The lowest BCUT2D eigenvalue weighted by atomic mass is 9.97. The Morgan fingerprint density at radius 1 is 1.04 bits per heavy atom. The van der Waals surface area contributed by atoms with Crippen LogP contribution in [0.15, 0.2) is 70.2 Å². The monoisotopic (exact) mass is 360 g/mol. The second-order valence-corrected chi connectivity index (χ2v) is 6.84. The molecule has 3 aromatic rings. The third kappa shape index (κ3) is 2.67. The lowest BCUT2D eigenvalue weighted by molar-refractivity contribution is -0.0190. The maximum atomic E-state index is 6.34. The molecule has 5 heteroatoms. The van der Waals surface area contributed by atoms with Crippen LogP contribution in [-0.2, 0) is 0 Å². The molecule has 1 aromatic heterocycles. The summed E-state index contributed by atoms with van der Waals surface area (Å²) in [6.45, 7) is 1.95. The molecular formula is C22H20N2O3. The van der Waals surface area contributed by atoms with Crippen molar-refractivity contribution in [2.75, 3.05) is 7.11 Å². The molecule has 2 aliphatic rings. The molecule has 0 aliphatic carbocycles. The van der Waals surface area contributed by atoms with Crippen LogP contribution in [0.5, 0.6) is 11.5 Å². The van der Waals surface area contributed by atoms with E-state index in [0.717, 1.165) is 46.3 Å². The molecule has 2 aromatic carbocycles. The highest BCUT2D eigenvalue weighted by Gasteiger charge is 2.41.